The first kappa shape index (κ1) is 11.9. The van der Waals surface area contributed by atoms with E-state index in [1.54, 1.807) is 0 Å². The van der Waals surface area contributed by atoms with Gasteiger partial charge in [-0.15, -0.1) is 0 Å². The number of fused-ring (bicyclic) bond motifs is 1. The van der Waals surface area contributed by atoms with E-state index in [0.717, 1.165) is 23.6 Å². The summed E-state index contributed by atoms with van der Waals surface area (Å²) in [6.07, 6.45) is 2.71. The molecule has 0 saturated carbocycles. The molecule has 96 valence electrons. The van der Waals surface area contributed by atoms with E-state index in [-0.39, 0.29) is 0 Å². The summed E-state index contributed by atoms with van der Waals surface area (Å²) >= 11 is 1.28. The van der Waals surface area contributed by atoms with E-state index in [9.17, 15) is 0 Å². The van der Waals surface area contributed by atoms with E-state index in [4.69, 9.17) is 5.73 Å². The minimum Gasteiger partial charge on any atom is -0.367 e. The molecule has 0 aliphatic heterocycles. The third kappa shape index (κ3) is 2.63. The maximum absolute atomic E-state index is 5.47. The second-order valence-corrected chi connectivity index (χ2v) is 4.88. The highest BCUT2D eigenvalue weighted by Crippen LogP contribution is 2.17. The molecule has 0 aliphatic carbocycles. The Labute approximate surface area is 114 Å². The van der Waals surface area contributed by atoms with Crippen LogP contribution >= 0.6 is 11.5 Å². The molecule has 0 bridgehead atoms. The van der Waals surface area contributed by atoms with E-state index < -0.39 is 0 Å². The first-order chi connectivity index (χ1) is 9.33. The summed E-state index contributed by atoms with van der Waals surface area (Å²) in [4.78, 5) is 8.50. The first-order valence-corrected chi connectivity index (χ1v) is 6.76. The zero-order valence-corrected chi connectivity index (χ0v) is 11.0. The number of rotatable bonds is 4. The molecule has 19 heavy (non-hydrogen) atoms. The van der Waals surface area contributed by atoms with Gasteiger partial charge in [0, 0.05) is 29.7 Å². The quantitative estimate of drug-likeness (QED) is 0.761. The Hall–Kier alpha value is -2.21. The third-order valence-electron chi connectivity index (χ3n) is 2.83. The standard InChI is InChI=1S/C13H13N5S/c14-12-17-13(19-18-12)16-8-6-10-4-1-3-9-5-2-7-15-11(9)10/h1-5,7H,6,8H2,(H3,14,16,17,18). The van der Waals surface area contributed by atoms with Crippen molar-refractivity contribution in [2.75, 3.05) is 17.6 Å². The number of pyridine rings is 1. The average molecular weight is 271 g/mol. The number of hydrogen-bond donors (Lipinski definition) is 2. The zero-order chi connectivity index (χ0) is 13.1. The Morgan fingerprint density at radius 3 is 2.95 bits per heavy atom. The SMILES string of the molecule is Nc1nsc(NCCc2cccc3cccnc23)n1. The molecule has 3 aromatic rings. The van der Waals surface area contributed by atoms with Crippen LogP contribution in [0.15, 0.2) is 36.5 Å². The number of aromatic nitrogens is 3. The van der Waals surface area contributed by atoms with Gasteiger partial charge in [-0.1, -0.05) is 24.3 Å². The van der Waals surface area contributed by atoms with E-state index in [1.807, 2.05) is 12.3 Å². The molecule has 5 nitrogen and oxygen atoms in total. The van der Waals surface area contributed by atoms with Gasteiger partial charge in [0.2, 0.25) is 11.1 Å². The molecular formula is C13H13N5S. The first-order valence-electron chi connectivity index (χ1n) is 5.98. The lowest BCUT2D eigenvalue weighted by Crippen LogP contribution is -2.05. The van der Waals surface area contributed by atoms with Gasteiger partial charge in [-0.05, 0) is 18.1 Å². The fourth-order valence-electron chi connectivity index (χ4n) is 1.98. The van der Waals surface area contributed by atoms with E-state index in [1.165, 1.54) is 22.5 Å². The van der Waals surface area contributed by atoms with Gasteiger partial charge in [-0.2, -0.15) is 9.36 Å². The van der Waals surface area contributed by atoms with E-state index in [0.29, 0.717) is 5.95 Å². The highest BCUT2D eigenvalue weighted by Gasteiger charge is 2.03. The molecule has 0 aliphatic rings. The Balaban J connectivity index is 1.71. The van der Waals surface area contributed by atoms with Crippen LogP contribution in [0, 0.1) is 0 Å². The molecule has 6 heteroatoms. The summed E-state index contributed by atoms with van der Waals surface area (Å²) in [6.45, 7) is 0.782. The second kappa shape index (κ2) is 5.19. The minimum atomic E-state index is 0.319. The number of nitrogens with two attached hydrogens (primary N) is 1. The van der Waals surface area contributed by atoms with Crippen LogP contribution in [0.2, 0.25) is 0 Å². The van der Waals surface area contributed by atoms with Crippen molar-refractivity contribution < 1.29 is 0 Å². The van der Waals surface area contributed by atoms with Crippen LogP contribution in [-0.4, -0.2) is 20.9 Å². The second-order valence-electron chi connectivity index (χ2n) is 4.13. The van der Waals surface area contributed by atoms with Gasteiger partial charge in [-0.3, -0.25) is 4.98 Å². The van der Waals surface area contributed by atoms with Crippen molar-refractivity contribution in [2.45, 2.75) is 6.42 Å². The lowest BCUT2D eigenvalue weighted by Gasteiger charge is -2.05. The van der Waals surface area contributed by atoms with Gasteiger partial charge >= 0.3 is 0 Å². The van der Waals surface area contributed by atoms with Crippen molar-refractivity contribution in [3.05, 3.63) is 42.1 Å². The summed E-state index contributed by atoms with van der Waals surface area (Å²) in [5.74, 6) is 0.319. The van der Waals surface area contributed by atoms with Crippen LogP contribution < -0.4 is 11.1 Å². The summed E-state index contributed by atoms with van der Waals surface area (Å²) in [5.41, 5.74) is 7.76. The normalized spacial score (nSPS) is 10.7. The molecule has 0 unspecified atom stereocenters. The number of nitrogens with zero attached hydrogens (tertiary/aromatic N) is 3. The van der Waals surface area contributed by atoms with Crippen LogP contribution in [0.5, 0.6) is 0 Å². The van der Waals surface area contributed by atoms with Crippen LogP contribution in [0.3, 0.4) is 0 Å². The Kier molecular flexibility index (Phi) is 3.24. The van der Waals surface area contributed by atoms with Crippen molar-refractivity contribution >= 4 is 33.5 Å². The molecule has 2 heterocycles. The number of para-hydroxylation sites is 1. The van der Waals surface area contributed by atoms with Gasteiger partial charge in [0.15, 0.2) is 0 Å². The molecule has 0 atom stereocenters. The van der Waals surface area contributed by atoms with Crippen molar-refractivity contribution in [1.82, 2.24) is 14.3 Å². The Morgan fingerprint density at radius 1 is 1.21 bits per heavy atom. The van der Waals surface area contributed by atoms with Gasteiger partial charge in [0.25, 0.3) is 0 Å². The Morgan fingerprint density at radius 2 is 2.11 bits per heavy atom. The number of hydrogen-bond acceptors (Lipinski definition) is 6. The summed E-state index contributed by atoms with van der Waals surface area (Å²) < 4.78 is 3.93. The lowest BCUT2D eigenvalue weighted by atomic mass is 10.1. The summed E-state index contributed by atoms with van der Waals surface area (Å²) in [5, 5.41) is 5.14. The van der Waals surface area contributed by atoms with Crippen LogP contribution in [0.4, 0.5) is 11.1 Å². The predicted octanol–water partition coefficient (Wildman–Crippen LogP) is 2.32. The summed E-state index contributed by atoms with van der Waals surface area (Å²) in [6, 6.07) is 10.3. The van der Waals surface area contributed by atoms with Gasteiger partial charge in [0.1, 0.15) is 0 Å². The van der Waals surface area contributed by atoms with Crippen molar-refractivity contribution in [3.8, 4) is 0 Å². The third-order valence-corrected chi connectivity index (χ3v) is 3.52. The number of benzene rings is 1. The van der Waals surface area contributed by atoms with Crippen molar-refractivity contribution in [1.29, 1.82) is 0 Å². The minimum absolute atomic E-state index is 0.319. The highest BCUT2D eigenvalue weighted by atomic mass is 32.1. The van der Waals surface area contributed by atoms with Crippen LogP contribution in [-0.2, 0) is 6.42 Å². The fourth-order valence-corrected chi connectivity index (χ4v) is 2.50. The van der Waals surface area contributed by atoms with Gasteiger partial charge in [0.05, 0.1) is 5.52 Å². The maximum atomic E-state index is 5.47. The topological polar surface area (TPSA) is 76.7 Å². The smallest absolute Gasteiger partial charge is 0.233 e. The maximum Gasteiger partial charge on any atom is 0.233 e. The molecule has 0 radical (unpaired) electrons. The molecule has 0 saturated heterocycles. The largest absolute Gasteiger partial charge is 0.367 e. The van der Waals surface area contributed by atoms with Crippen molar-refractivity contribution in [3.63, 3.8) is 0 Å². The van der Waals surface area contributed by atoms with Crippen LogP contribution in [0.25, 0.3) is 10.9 Å². The molecule has 0 fully saturated rings. The average Bonchev–Trinajstić information content (AvgIpc) is 2.85. The number of nitrogens with one attached hydrogen (secondary N) is 1. The molecule has 2 aromatic heterocycles. The number of nitrogen functional groups attached to an aromatic ring is 1. The van der Waals surface area contributed by atoms with Crippen LogP contribution in [0.1, 0.15) is 5.56 Å². The fraction of sp³-hybridized carbons (Fsp3) is 0.154. The monoisotopic (exact) mass is 271 g/mol. The van der Waals surface area contributed by atoms with Gasteiger partial charge < -0.3 is 11.1 Å². The highest BCUT2D eigenvalue weighted by molar-refractivity contribution is 7.09. The number of anilines is 2. The molecule has 0 amide bonds. The molecule has 3 N–H and O–H groups in total. The zero-order valence-electron chi connectivity index (χ0n) is 10.2. The Bertz CT molecular complexity index is 689. The predicted molar refractivity (Wildman–Crippen MR) is 78.3 cm³/mol. The van der Waals surface area contributed by atoms with E-state index >= 15 is 0 Å². The molecule has 3 rings (SSSR count). The van der Waals surface area contributed by atoms with E-state index in [2.05, 4.69) is 43.9 Å². The molecule has 0 spiro atoms. The van der Waals surface area contributed by atoms with Gasteiger partial charge in [-0.25, -0.2) is 0 Å². The van der Waals surface area contributed by atoms with Crippen molar-refractivity contribution in [2.24, 2.45) is 0 Å². The molecular weight excluding hydrogens is 258 g/mol. The summed E-state index contributed by atoms with van der Waals surface area (Å²) in [7, 11) is 0. The molecule has 1 aromatic carbocycles. The lowest BCUT2D eigenvalue weighted by molar-refractivity contribution is 1.02.